The van der Waals surface area contributed by atoms with Crippen molar-refractivity contribution in [1.29, 1.82) is 0 Å². The highest BCUT2D eigenvalue weighted by Gasteiger charge is 2.41. The largest absolute Gasteiger partial charge is 0.265 e. The fourth-order valence-electron chi connectivity index (χ4n) is 10.4. The van der Waals surface area contributed by atoms with Crippen LogP contribution in [0.4, 0.5) is 0 Å². The van der Waals surface area contributed by atoms with Crippen molar-refractivity contribution in [3.63, 3.8) is 0 Å². The summed E-state index contributed by atoms with van der Waals surface area (Å²) in [5.41, 5.74) is 21.8. The third-order valence-electron chi connectivity index (χ3n) is 13.5. The summed E-state index contributed by atoms with van der Waals surface area (Å²) in [6.07, 6.45) is 7.35. The fourth-order valence-corrected chi connectivity index (χ4v) is 10.4. The molecular weight excluding hydrogens is 829 g/mol. The van der Waals surface area contributed by atoms with Crippen molar-refractivity contribution < 1.29 is 0 Å². The minimum absolute atomic E-state index is 0.0266. The van der Waals surface area contributed by atoms with Gasteiger partial charge in [0, 0.05) is 70.0 Å². The Kier molecular flexibility index (Phi) is 9.53. The van der Waals surface area contributed by atoms with E-state index in [1.807, 2.05) is 61.2 Å². The van der Waals surface area contributed by atoms with Gasteiger partial charge in [0.05, 0.1) is 22.8 Å². The lowest BCUT2D eigenvalue weighted by Crippen LogP contribution is -2.27. The molecule has 0 amide bonds. The molecule has 2 atom stereocenters. The van der Waals surface area contributed by atoms with E-state index in [-0.39, 0.29) is 11.8 Å². The molecule has 3 aliphatic rings. The molecule has 0 spiro atoms. The zero-order valence-electron chi connectivity index (χ0n) is 36.8. The zero-order valence-corrected chi connectivity index (χ0v) is 36.8. The molecule has 2 bridgehead atoms. The second-order valence-corrected chi connectivity index (χ2v) is 17.4. The molecule has 0 radical (unpaired) electrons. The van der Waals surface area contributed by atoms with Gasteiger partial charge in [-0.3, -0.25) is 9.97 Å². The summed E-state index contributed by atoms with van der Waals surface area (Å²) in [6, 6.07) is 72.8. The Morgan fingerprint density at radius 1 is 0.235 bits per heavy atom. The van der Waals surface area contributed by atoms with Gasteiger partial charge in [-0.1, -0.05) is 158 Å². The van der Waals surface area contributed by atoms with Crippen LogP contribution in [-0.2, 0) is 0 Å². The molecule has 6 heteroatoms. The summed E-state index contributed by atoms with van der Waals surface area (Å²) in [5, 5.41) is 0. The van der Waals surface area contributed by atoms with Crippen molar-refractivity contribution in [2.75, 3.05) is 0 Å². The molecule has 14 rings (SSSR count). The number of nitrogens with zero attached hydrogens (tertiary/aromatic N) is 6. The van der Waals surface area contributed by atoms with E-state index in [4.69, 9.17) is 19.9 Å². The van der Waals surface area contributed by atoms with Crippen LogP contribution >= 0.6 is 0 Å². The topological polar surface area (TPSA) is 77.3 Å². The second kappa shape index (κ2) is 16.5. The number of hydrogen-bond donors (Lipinski definition) is 0. The summed E-state index contributed by atoms with van der Waals surface area (Å²) in [5.74, 6) is 1.43. The summed E-state index contributed by atoms with van der Waals surface area (Å²) in [7, 11) is 0. The SMILES string of the molecule is c1ccc(-c2cc(-c3ccccc3-c3ccncc3)nc(-c3ccc4c(c3)C3c5ccccc5C4c4cc(-c5nc(-c6ccccc6)cc(-c6ccccc6-c6ccncc6)n5)ccc43)n2)cc1. The fraction of sp³-hybridized carbons (Fsp3) is 0.0323. The van der Waals surface area contributed by atoms with Crippen LogP contribution in [0.1, 0.15) is 45.2 Å². The molecule has 68 heavy (non-hydrogen) atoms. The van der Waals surface area contributed by atoms with Crippen molar-refractivity contribution in [3.05, 3.63) is 264 Å². The number of pyridine rings is 2. The van der Waals surface area contributed by atoms with Crippen molar-refractivity contribution in [2.45, 2.75) is 11.8 Å². The van der Waals surface area contributed by atoms with Gasteiger partial charge in [-0.2, -0.15) is 0 Å². The third kappa shape index (κ3) is 6.81. The van der Waals surface area contributed by atoms with Gasteiger partial charge in [-0.05, 0) is 104 Å². The number of benzene rings is 7. The summed E-state index contributed by atoms with van der Waals surface area (Å²) < 4.78 is 0. The number of hydrogen-bond acceptors (Lipinski definition) is 6. The van der Waals surface area contributed by atoms with Gasteiger partial charge in [0.2, 0.25) is 0 Å². The first kappa shape index (κ1) is 39.4. The van der Waals surface area contributed by atoms with Crippen molar-refractivity contribution in [2.24, 2.45) is 0 Å². The maximum atomic E-state index is 5.37. The molecule has 0 saturated heterocycles. The van der Waals surface area contributed by atoms with Crippen LogP contribution in [0.2, 0.25) is 0 Å². The zero-order chi connectivity index (χ0) is 45.0. The van der Waals surface area contributed by atoms with Crippen LogP contribution in [0.15, 0.2) is 231 Å². The van der Waals surface area contributed by atoms with E-state index >= 15 is 0 Å². The van der Waals surface area contributed by atoms with E-state index in [1.54, 1.807) is 0 Å². The van der Waals surface area contributed by atoms with E-state index < -0.39 is 0 Å². The van der Waals surface area contributed by atoms with Crippen LogP contribution in [0.25, 0.3) is 90.1 Å². The standard InChI is InChI=1S/C62H40N6/c1-3-13-41(14-4-1)55-37-57(47-19-9-7-17-45(47)39-27-31-63-32-28-39)67-61(65-55)43-23-25-51-53(35-43)59-49-21-11-12-22-50(49)60(51)54-36-44(24-26-52(54)59)62-66-56(42-15-5-2-6-16-42)38-58(68-62)48-20-10-8-18-46(48)40-29-33-64-34-30-40/h1-38,59-60H. The van der Waals surface area contributed by atoms with E-state index in [0.717, 1.165) is 78.4 Å². The van der Waals surface area contributed by atoms with Crippen molar-refractivity contribution in [3.8, 4) is 90.1 Å². The van der Waals surface area contributed by atoms with E-state index in [1.165, 1.54) is 33.4 Å². The first-order chi connectivity index (χ1) is 33.7. The van der Waals surface area contributed by atoms with Gasteiger partial charge in [0.15, 0.2) is 11.6 Å². The first-order valence-electron chi connectivity index (χ1n) is 23.0. The van der Waals surface area contributed by atoms with Gasteiger partial charge >= 0.3 is 0 Å². The van der Waals surface area contributed by atoms with Crippen LogP contribution in [-0.4, -0.2) is 29.9 Å². The quantitative estimate of drug-likeness (QED) is 0.151. The Balaban J connectivity index is 0.943. The predicted octanol–water partition coefficient (Wildman–Crippen LogP) is 14.4. The Hall–Kier alpha value is -9.00. The van der Waals surface area contributed by atoms with E-state index in [0.29, 0.717) is 11.6 Å². The van der Waals surface area contributed by atoms with Crippen molar-refractivity contribution in [1.82, 2.24) is 29.9 Å². The lowest BCUT2D eigenvalue weighted by Gasteiger charge is -2.42. The van der Waals surface area contributed by atoms with Crippen molar-refractivity contribution >= 4 is 0 Å². The molecule has 0 fully saturated rings. The number of aromatic nitrogens is 6. The molecular formula is C62H40N6. The Morgan fingerprint density at radius 3 is 1.01 bits per heavy atom. The molecule has 3 aliphatic carbocycles. The molecule has 6 nitrogen and oxygen atoms in total. The van der Waals surface area contributed by atoms with E-state index in [9.17, 15) is 0 Å². The van der Waals surface area contributed by atoms with Crippen LogP contribution in [0.3, 0.4) is 0 Å². The molecule has 0 saturated carbocycles. The normalized spacial score (nSPS) is 14.2. The predicted molar refractivity (Wildman–Crippen MR) is 271 cm³/mol. The number of rotatable bonds is 8. The highest BCUT2D eigenvalue weighted by Crippen LogP contribution is 2.56. The lowest BCUT2D eigenvalue weighted by atomic mass is 9.61. The molecule has 2 unspecified atom stereocenters. The first-order valence-corrected chi connectivity index (χ1v) is 23.0. The van der Waals surface area contributed by atoms with Gasteiger partial charge < -0.3 is 0 Å². The highest BCUT2D eigenvalue weighted by atomic mass is 14.9. The Morgan fingerprint density at radius 2 is 0.588 bits per heavy atom. The maximum absolute atomic E-state index is 5.37. The molecule has 0 aliphatic heterocycles. The van der Waals surface area contributed by atoms with Gasteiger partial charge in [0.1, 0.15) is 0 Å². The summed E-state index contributed by atoms with van der Waals surface area (Å²) >= 11 is 0. The Labute approximate surface area is 394 Å². The lowest BCUT2D eigenvalue weighted by molar-refractivity contribution is 0.754. The average Bonchev–Trinajstić information content (AvgIpc) is 3.43. The summed E-state index contributed by atoms with van der Waals surface area (Å²) in [6.45, 7) is 0. The van der Waals surface area contributed by atoms with Crippen LogP contribution < -0.4 is 0 Å². The minimum Gasteiger partial charge on any atom is -0.265 e. The molecule has 4 aromatic heterocycles. The Bertz CT molecular complexity index is 3440. The van der Waals surface area contributed by atoms with Crippen LogP contribution in [0, 0.1) is 0 Å². The minimum atomic E-state index is 0.0266. The monoisotopic (exact) mass is 868 g/mol. The smallest absolute Gasteiger partial charge is 0.160 e. The maximum Gasteiger partial charge on any atom is 0.160 e. The van der Waals surface area contributed by atoms with E-state index in [2.05, 4.69) is 180 Å². The average molecular weight is 869 g/mol. The molecule has 11 aromatic rings. The third-order valence-corrected chi connectivity index (χ3v) is 13.5. The molecule has 318 valence electrons. The van der Waals surface area contributed by atoms with Gasteiger partial charge in [0.25, 0.3) is 0 Å². The molecule has 7 aromatic carbocycles. The van der Waals surface area contributed by atoms with Gasteiger partial charge in [-0.25, -0.2) is 19.9 Å². The highest BCUT2D eigenvalue weighted by molar-refractivity contribution is 5.86. The van der Waals surface area contributed by atoms with Crippen LogP contribution in [0.5, 0.6) is 0 Å². The van der Waals surface area contributed by atoms with Gasteiger partial charge in [-0.15, -0.1) is 0 Å². The molecule has 4 heterocycles. The molecule has 0 N–H and O–H groups in total. The summed E-state index contributed by atoms with van der Waals surface area (Å²) in [4.78, 5) is 29.9. The second-order valence-electron chi connectivity index (χ2n) is 17.4.